The monoisotopic (exact) mass is 238 g/mol. The molecule has 0 aromatic carbocycles. The van der Waals surface area contributed by atoms with E-state index < -0.39 is 20.5 Å². The lowest BCUT2D eigenvalue weighted by atomic mass is 10.2. The third-order valence-corrected chi connectivity index (χ3v) is 3.03. The van der Waals surface area contributed by atoms with Crippen LogP contribution in [0.25, 0.3) is 11.1 Å². The molecule has 0 amide bonds. The van der Waals surface area contributed by atoms with Crippen molar-refractivity contribution < 1.29 is 17.6 Å². The van der Waals surface area contributed by atoms with Crippen molar-refractivity contribution in [3.8, 4) is 11.1 Å². The van der Waals surface area contributed by atoms with Crippen molar-refractivity contribution in [2.75, 3.05) is 0 Å². The molecule has 6 heteroatoms. The van der Waals surface area contributed by atoms with Crippen LogP contribution in [0.1, 0.15) is 0 Å². The molecule has 2 heterocycles. The summed E-state index contributed by atoms with van der Waals surface area (Å²) >= 11 is 0.528. The van der Waals surface area contributed by atoms with Crippen LogP contribution in [0.3, 0.4) is 0 Å². The van der Waals surface area contributed by atoms with E-state index in [0.717, 1.165) is 12.1 Å². The minimum Gasteiger partial charge on any atom is -0.195 e. The van der Waals surface area contributed by atoms with Gasteiger partial charge >= 0.3 is 0 Å². The molecular formula is C8H2F4S2. The van der Waals surface area contributed by atoms with Crippen molar-refractivity contribution in [2.24, 2.45) is 0 Å². The largest absolute Gasteiger partial charge is 0.195 e. The van der Waals surface area contributed by atoms with E-state index in [9.17, 15) is 17.6 Å². The second-order valence-electron chi connectivity index (χ2n) is 2.48. The molecule has 0 saturated carbocycles. The fourth-order valence-corrected chi connectivity index (χ4v) is 2.30. The van der Waals surface area contributed by atoms with Gasteiger partial charge in [0, 0.05) is 11.1 Å². The molecule has 0 aliphatic heterocycles. The number of hydrogen-bond acceptors (Lipinski definition) is 2. The molecule has 0 atom stereocenters. The van der Waals surface area contributed by atoms with E-state index >= 15 is 0 Å². The van der Waals surface area contributed by atoms with E-state index in [4.69, 9.17) is 0 Å². The third kappa shape index (κ3) is 1.55. The number of halogens is 4. The summed E-state index contributed by atoms with van der Waals surface area (Å²) in [5, 5.41) is -3.22. The molecule has 2 rings (SSSR count). The second kappa shape index (κ2) is 3.36. The summed E-state index contributed by atoms with van der Waals surface area (Å²) in [5.74, 6) is 0. The topological polar surface area (TPSA) is 0 Å². The Morgan fingerprint density at radius 1 is 0.714 bits per heavy atom. The van der Waals surface area contributed by atoms with Gasteiger partial charge in [-0.1, -0.05) is 22.7 Å². The zero-order chi connectivity index (χ0) is 10.3. The van der Waals surface area contributed by atoms with E-state index in [-0.39, 0.29) is 33.8 Å². The molecule has 0 unspecified atom stereocenters. The van der Waals surface area contributed by atoms with Gasteiger partial charge in [-0.15, -0.1) is 0 Å². The molecule has 0 radical (unpaired) electrons. The fourth-order valence-electron chi connectivity index (χ4n) is 1.05. The molecule has 0 aliphatic rings. The van der Waals surface area contributed by atoms with Crippen LogP contribution in [0, 0.1) is 20.5 Å². The van der Waals surface area contributed by atoms with Crippen LogP contribution in [0.15, 0.2) is 12.1 Å². The first-order chi connectivity index (χ1) is 6.58. The first kappa shape index (κ1) is 9.67. The van der Waals surface area contributed by atoms with Crippen LogP contribution < -0.4 is 0 Å². The first-order valence-electron chi connectivity index (χ1n) is 3.48. The lowest BCUT2D eigenvalue weighted by Gasteiger charge is -1.91. The highest BCUT2D eigenvalue weighted by molar-refractivity contribution is 7.09. The van der Waals surface area contributed by atoms with Gasteiger partial charge in [0.2, 0.25) is 0 Å². The summed E-state index contributed by atoms with van der Waals surface area (Å²) in [6.07, 6.45) is 0. The molecular weight excluding hydrogens is 236 g/mol. The summed E-state index contributed by atoms with van der Waals surface area (Å²) in [5.41, 5.74) is -0.463. The van der Waals surface area contributed by atoms with E-state index in [1.807, 2.05) is 0 Å². The predicted molar refractivity (Wildman–Crippen MR) is 47.5 cm³/mol. The van der Waals surface area contributed by atoms with Crippen molar-refractivity contribution in [3.05, 3.63) is 32.7 Å². The Bertz CT molecular complexity index is 427. The molecule has 0 saturated heterocycles. The first-order valence-corrected chi connectivity index (χ1v) is 5.11. The average molecular weight is 238 g/mol. The molecule has 2 aromatic heterocycles. The molecule has 0 aliphatic carbocycles. The van der Waals surface area contributed by atoms with E-state index in [2.05, 4.69) is 0 Å². The van der Waals surface area contributed by atoms with Crippen LogP contribution in [-0.4, -0.2) is 0 Å². The quantitative estimate of drug-likeness (QED) is 0.658. The Balaban J connectivity index is 2.59. The van der Waals surface area contributed by atoms with Crippen molar-refractivity contribution in [1.82, 2.24) is 0 Å². The highest BCUT2D eigenvalue weighted by Gasteiger charge is 2.17. The van der Waals surface area contributed by atoms with E-state index in [1.165, 1.54) is 0 Å². The Labute approximate surface area is 84.4 Å². The van der Waals surface area contributed by atoms with Gasteiger partial charge < -0.3 is 0 Å². The van der Waals surface area contributed by atoms with Crippen molar-refractivity contribution in [2.45, 2.75) is 0 Å². The summed E-state index contributed by atoms with van der Waals surface area (Å²) in [7, 11) is 0. The van der Waals surface area contributed by atoms with Crippen LogP contribution >= 0.6 is 22.7 Å². The van der Waals surface area contributed by atoms with E-state index in [0.29, 0.717) is 0 Å². The lowest BCUT2D eigenvalue weighted by molar-refractivity contribution is 0.646. The third-order valence-electron chi connectivity index (χ3n) is 1.60. The highest BCUT2D eigenvalue weighted by Crippen LogP contribution is 2.34. The zero-order valence-electron chi connectivity index (χ0n) is 6.48. The number of hydrogen-bond donors (Lipinski definition) is 0. The maximum Gasteiger partial charge on any atom is 0.187 e. The van der Waals surface area contributed by atoms with Crippen molar-refractivity contribution >= 4 is 22.7 Å². The van der Waals surface area contributed by atoms with Crippen LogP contribution in [0.2, 0.25) is 0 Å². The Morgan fingerprint density at radius 2 is 1.07 bits per heavy atom. The van der Waals surface area contributed by atoms with Gasteiger partial charge in [-0.2, -0.15) is 17.6 Å². The van der Waals surface area contributed by atoms with E-state index in [1.54, 1.807) is 0 Å². The highest BCUT2D eigenvalue weighted by atomic mass is 32.1. The van der Waals surface area contributed by atoms with Gasteiger partial charge in [-0.25, -0.2) is 0 Å². The predicted octanol–water partition coefficient (Wildman–Crippen LogP) is 4.03. The standard InChI is InChI=1S/C8H2F4S2/c9-5-1-3(7(11)13-5)4-2-6(10)14-8(4)12/h1-2H. The maximum absolute atomic E-state index is 13.0. The number of rotatable bonds is 1. The smallest absolute Gasteiger partial charge is 0.187 e. The maximum atomic E-state index is 13.0. The summed E-state index contributed by atoms with van der Waals surface area (Å²) in [4.78, 5) is 0. The molecule has 0 spiro atoms. The summed E-state index contributed by atoms with van der Waals surface area (Å²) < 4.78 is 51.1. The molecule has 74 valence electrons. The minimum atomic E-state index is -0.848. The fraction of sp³-hybridized carbons (Fsp3) is 0. The molecule has 0 fully saturated rings. The number of thiophene rings is 2. The normalized spacial score (nSPS) is 10.9. The van der Waals surface area contributed by atoms with Crippen molar-refractivity contribution in [3.63, 3.8) is 0 Å². The van der Waals surface area contributed by atoms with Gasteiger partial charge in [0.15, 0.2) is 20.5 Å². The van der Waals surface area contributed by atoms with Crippen molar-refractivity contribution in [1.29, 1.82) is 0 Å². The van der Waals surface area contributed by atoms with Crippen LogP contribution in [-0.2, 0) is 0 Å². The zero-order valence-corrected chi connectivity index (χ0v) is 8.12. The minimum absolute atomic E-state index is 0.231. The van der Waals surface area contributed by atoms with Gasteiger partial charge in [0.05, 0.1) is 0 Å². The van der Waals surface area contributed by atoms with Crippen LogP contribution in [0.5, 0.6) is 0 Å². The molecule has 0 bridgehead atoms. The Morgan fingerprint density at radius 3 is 1.29 bits per heavy atom. The SMILES string of the molecule is Fc1cc(-c2cc(F)sc2F)c(F)s1. The Hall–Kier alpha value is -0.880. The van der Waals surface area contributed by atoms with Gasteiger partial charge in [0.1, 0.15) is 0 Å². The molecule has 2 aromatic rings. The molecule has 14 heavy (non-hydrogen) atoms. The molecule has 0 N–H and O–H groups in total. The van der Waals surface area contributed by atoms with Gasteiger partial charge in [0.25, 0.3) is 0 Å². The molecule has 0 nitrogen and oxygen atoms in total. The van der Waals surface area contributed by atoms with Gasteiger partial charge in [-0.05, 0) is 12.1 Å². The van der Waals surface area contributed by atoms with Gasteiger partial charge in [-0.3, -0.25) is 0 Å². The summed E-state index contributed by atoms with van der Waals surface area (Å²) in [6.45, 7) is 0. The summed E-state index contributed by atoms with van der Waals surface area (Å²) in [6, 6.07) is 1.70. The van der Waals surface area contributed by atoms with Crippen LogP contribution in [0.4, 0.5) is 17.6 Å². The average Bonchev–Trinajstić information content (AvgIpc) is 2.55. The second-order valence-corrected chi connectivity index (χ2v) is 4.38. The Kier molecular flexibility index (Phi) is 2.32. The lowest BCUT2D eigenvalue weighted by Crippen LogP contribution is -1.76.